The quantitative estimate of drug-likeness (QED) is 0.796. The van der Waals surface area contributed by atoms with Crippen molar-refractivity contribution < 1.29 is 14.6 Å². The highest BCUT2D eigenvalue weighted by molar-refractivity contribution is 7.98. The van der Waals surface area contributed by atoms with Crippen LogP contribution in [-0.4, -0.2) is 23.2 Å². The van der Waals surface area contributed by atoms with Crippen molar-refractivity contribution in [2.24, 2.45) is 0 Å². The van der Waals surface area contributed by atoms with Gasteiger partial charge in [-0.1, -0.05) is 18.2 Å². The summed E-state index contributed by atoms with van der Waals surface area (Å²) in [5.41, 5.74) is 0.739. The van der Waals surface area contributed by atoms with Gasteiger partial charge in [0.1, 0.15) is 5.01 Å². The number of hydrogen-bond donors (Lipinski definition) is 1. The molecular weight excluding hydrogens is 294 g/mol. The van der Waals surface area contributed by atoms with E-state index in [2.05, 4.69) is 4.98 Å². The molecule has 1 aromatic heterocycles. The first-order chi connectivity index (χ1) is 9.69. The number of carboxylic acids is 1. The van der Waals surface area contributed by atoms with Crippen molar-refractivity contribution in [3.63, 3.8) is 0 Å². The standard InChI is InChI=1S/C14H15NO3S2/c1-18-8-11-12(7-14(16)17)20-13(15-11)9-19-10-5-3-2-4-6-10/h2-6H,7-9H2,1H3,(H,16,17). The summed E-state index contributed by atoms with van der Waals surface area (Å²) in [4.78, 5) is 17.3. The van der Waals surface area contributed by atoms with Crippen LogP contribution in [0.2, 0.25) is 0 Å². The van der Waals surface area contributed by atoms with Crippen LogP contribution in [0.3, 0.4) is 0 Å². The van der Waals surface area contributed by atoms with E-state index in [1.165, 1.54) is 16.2 Å². The first-order valence-electron chi connectivity index (χ1n) is 6.05. The zero-order chi connectivity index (χ0) is 14.4. The zero-order valence-corrected chi connectivity index (χ0v) is 12.7. The van der Waals surface area contributed by atoms with E-state index < -0.39 is 5.97 Å². The van der Waals surface area contributed by atoms with Crippen molar-refractivity contribution in [2.45, 2.75) is 23.7 Å². The van der Waals surface area contributed by atoms with E-state index in [0.717, 1.165) is 21.3 Å². The molecule has 0 spiro atoms. The van der Waals surface area contributed by atoms with E-state index in [4.69, 9.17) is 9.84 Å². The molecule has 4 nitrogen and oxygen atoms in total. The number of methoxy groups -OCH3 is 1. The van der Waals surface area contributed by atoms with Crippen LogP contribution in [0.15, 0.2) is 35.2 Å². The number of aliphatic carboxylic acids is 1. The fourth-order valence-corrected chi connectivity index (χ4v) is 3.66. The molecule has 0 amide bonds. The summed E-state index contributed by atoms with van der Waals surface area (Å²) in [5.74, 6) is -0.0985. The Balaban J connectivity index is 2.06. The molecule has 20 heavy (non-hydrogen) atoms. The van der Waals surface area contributed by atoms with Crippen molar-refractivity contribution >= 4 is 29.1 Å². The zero-order valence-electron chi connectivity index (χ0n) is 11.0. The summed E-state index contributed by atoms with van der Waals surface area (Å²) in [6.07, 6.45) is 0.00631. The number of ether oxygens (including phenoxy) is 1. The number of thioether (sulfide) groups is 1. The van der Waals surface area contributed by atoms with E-state index >= 15 is 0 Å². The number of carboxylic acid groups (broad SMARTS) is 1. The number of rotatable bonds is 7. The molecule has 0 bridgehead atoms. The highest BCUT2D eigenvalue weighted by Crippen LogP contribution is 2.27. The van der Waals surface area contributed by atoms with E-state index in [-0.39, 0.29) is 6.42 Å². The van der Waals surface area contributed by atoms with Crippen molar-refractivity contribution in [3.8, 4) is 0 Å². The predicted molar refractivity (Wildman–Crippen MR) is 80.2 cm³/mol. The smallest absolute Gasteiger partial charge is 0.308 e. The second-order valence-corrected chi connectivity index (χ2v) is 6.30. The topological polar surface area (TPSA) is 59.4 Å². The first kappa shape index (κ1) is 15.0. The minimum Gasteiger partial charge on any atom is -0.481 e. The Kier molecular flexibility index (Phi) is 5.58. The molecule has 0 aliphatic heterocycles. The molecule has 0 fully saturated rings. The Morgan fingerprint density at radius 1 is 1.40 bits per heavy atom. The van der Waals surface area contributed by atoms with Gasteiger partial charge in [-0.2, -0.15) is 0 Å². The lowest BCUT2D eigenvalue weighted by atomic mass is 10.3. The molecule has 1 heterocycles. The van der Waals surface area contributed by atoms with Gasteiger partial charge in [0.15, 0.2) is 0 Å². The van der Waals surface area contributed by atoms with Gasteiger partial charge in [0.25, 0.3) is 0 Å². The summed E-state index contributed by atoms with van der Waals surface area (Å²) in [7, 11) is 1.59. The Hall–Kier alpha value is -1.37. The highest BCUT2D eigenvalue weighted by atomic mass is 32.2. The minimum absolute atomic E-state index is 0.00631. The van der Waals surface area contributed by atoms with Gasteiger partial charge in [0.2, 0.25) is 0 Å². The van der Waals surface area contributed by atoms with Crippen LogP contribution >= 0.6 is 23.1 Å². The lowest BCUT2D eigenvalue weighted by Crippen LogP contribution is -2.01. The maximum Gasteiger partial charge on any atom is 0.308 e. The Morgan fingerprint density at radius 2 is 2.15 bits per heavy atom. The van der Waals surface area contributed by atoms with Crippen LogP contribution in [0.25, 0.3) is 0 Å². The molecule has 0 unspecified atom stereocenters. The molecule has 0 atom stereocenters. The van der Waals surface area contributed by atoms with Gasteiger partial charge >= 0.3 is 5.97 Å². The average molecular weight is 309 g/mol. The predicted octanol–water partition coefficient (Wildman–Crippen LogP) is 3.21. The van der Waals surface area contributed by atoms with Crippen LogP contribution in [0.1, 0.15) is 15.6 Å². The van der Waals surface area contributed by atoms with Crippen LogP contribution in [0.5, 0.6) is 0 Å². The fourth-order valence-electron chi connectivity index (χ4n) is 1.69. The second-order valence-electron chi connectivity index (χ2n) is 4.08. The summed E-state index contributed by atoms with van der Waals surface area (Å²) >= 11 is 3.15. The van der Waals surface area contributed by atoms with Gasteiger partial charge in [-0.25, -0.2) is 4.98 Å². The number of aromatic nitrogens is 1. The van der Waals surface area contributed by atoms with E-state index in [1.54, 1.807) is 18.9 Å². The van der Waals surface area contributed by atoms with Crippen molar-refractivity contribution in [1.29, 1.82) is 0 Å². The van der Waals surface area contributed by atoms with Crippen LogP contribution in [0, 0.1) is 0 Å². The first-order valence-corrected chi connectivity index (χ1v) is 7.85. The molecule has 2 rings (SSSR count). The maximum atomic E-state index is 10.8. The van der Waals surface area contributed by atoms with E-state index in [9.17, 15) is 4.79 Å². The fraction of sp³-hybridized carbons (Fsp3) is 0.286. The minimum atomic E-state index is -0.840. The highest BCUT2D eigenvalue weighted by Gasteiger charge is 2.14. The molecule has 0 saturated heterocycles. The number of thiazole rings is 1. The van der Waals surface area contributed by atoms with Gasteiger partial charge in [-0.3, -0.25) is 4.79 Å². The number of benzene rings is 1. The Morgan fingerprint density at radius 3 is 2.80 bits per heavy atom. The number of hydrogen-bond acceptors (Lipinski definition) is 5. The number of nitrogens with zero attached hydrogens (tertiary/aromatic N) is 1. The maximum absolute atomic E-state index is 10.8. The molecule has 106 valence electrons. The average Bonchev–Trinajstić information content (AvgIpc) is 2.80. The summed E-state index contributed by atoms with van der Waals surface area (Å²) in [5, 5.41) is 9.84. The Labute approximate surface area is 125 Å². The van der Waals surface area contributed by atoms with Crippen molar-refractivity contribution in [1.82, 2.24) is 4.98 Å². The molecule has 1 N–H and O–H groups in total. The summed E-state index contributed by atoms with van der Waals surface area (Å²) < 4.78 is 5.07. The third-order valence-corrected chi connectivity index (χ3v) is 4.82. The molecule has 2 aromatic rings. The lowest BCUT2D eigenvalue weighted by molar-refractivity contribution is -0.136. The van der Waals surface area contributed by atoms with E-state index in [0.29, 0.717) is 6.61 Å². The Bertz CT molecular complexity index is 569. The van der Waals surface area contributed by atoms with Crippen LogP contribution < -0.4 is 0 Å². The molecule has 1 aromatic carbocycles. The number of carbonyl (C=O) groups is 1. The monoisotopic (exact) mass is 309 g/mol. The molecule has 6 heteroatoms. The second kappa shape index (κ2) is 7.42. The van der Waals surface area contributed by atoms with Crippen molar-refractivity contribution in [2.75, 3.05) is 7.11 Å². The lowest BCUT2D eigenvalue weighted by Gasteiger charge is -1.97. The largest absolute Gasteiger partial charge is 0.481 e. The van der Waals surface area contributed by atoms with Gasteiger partial charge in [-0.15, -0.1) is 23.1 Å². The summed E-state index contributed by atoms with van der Waals surface area (Å²) in [6.45, 7) is 0.356. The van der Waals surface area contributed by atoms with Gasteiger partial charge in [0.05, 0.1) is 24.5 Å². The third kappa shape index (κ3) is 4.33. The molecule has 0 saturated carbocycles. The van der Waals surface area contributed by atoms with Gasteiger partial charge < -0.3 is 9.84 Å². The molecule has 0 aliphatic rings. The SMILES string of the molecule is COCc1nc(CSc2ccccc2)sc1CC(=O)O. The van der Waals surface area contributed by atoms with Gasteiger partial charge in [-0.05, 0) is 12.1 Å². The van der Waals surface area contributed by atoms with Crippen molar-refractivity contribution in [3.05, 3.63) is 45.9 Å². The van der Waals surface area contributed by atoms with Crippen LogP contribution in [0.4, 0.5) is 0 Å². The molecule has 0 aliphatic carbocycles. The van der Waals surface area contributed by atoms with Gasteiger partial charge in [0, 0.05) is 16.9 Å². The third-order valence-electron chi connectivity index (χ3n) is 2.52. The normalized spacial score (nSPS) is 10.7. The van der Waals surface area contributed by atoms with Crippen LogP contribution in [-0.2, 0) is 28.3 Å². The molecular formula is C14H15NO3S2. The summed E-state index contributed by atoms with van der Waals surface area (Å²) in [6, 6.07) is 10.1. The van der Waals surface area contributed by atoms with E-state index in [1.807, 2.05) is 30.3 Å². The molecule has 0 radical (unpaired) electrons.